The van der Waals surface area contributed by atoms with Gasteiger partial charge in [-0.15, -0.1) is 0 Å². The van der Waals surface area contributed by atoms with Crippen molar-refractivity contribution >= 4 is 30.4 Å². The molecule has 0 saturated heterocycles. The molecule has 1 aliphatic rings. The van der Waals surface area contributed by atoms with Gasteiger partial charge in [0, 0.05) is 0 Å². The molecule has 0 spiro atoms. The number of aliphatic carboxylic acids is 1. The molecular formula is C13H17BClNO4. The Bertz CT molecular complexity index is 523. The zero-order valence-corrected chi connectivity index (χ0v) is 11.7. The fourth-order valence-corrected chi connectivity index (χ4v) is 3.12. The van der Waals surface area contributed by atoms with E-state index in [0.717, 1.165) is 11.1 Å². The van der Waals surface area contributed by atoms with Gasteiger partial charge in [0.15, 0.2) is 0 Å². The van der Waals surface area contributed by atoms with Gasteiger partial charge >= 0.3 is 13.1 Å². The van der Waals surface area contributed by atoms with E-state index in [1.54, 1.807) is 12.1 Å². The number of fused-ring (bicyclic) bond motifs is 1. The van der Waals surface area contributed by atoms with E-state index < -0.39 is 19.0 Å². The van der Waals surface area contributed by atoms with Gasteiger partial charge in [-0.1, -0.05) is 18.0 Å². The third kappa shape index (κ3) is 3.08. The van der Waals surface area contributed by atoms with E-state index in [-0.39, 0.29) is 12.2 Å². The van der Waals surface area contributed by atoms with Crippen LogP contribution in [-0.4, -0.2) is 28.2 Å². The van der Waals surface area contributed by atoms with Crippen LogP contribution in [0.15, 0.2) is 12.1 Å². The normalized spacial score (nSPS) is 20.8. The van der Waals surface area contributed by atoms with E-state index in [0.29, 0.717) is 30.0 Å². The number of nitrogen functional groups attached to an aromatic ring is 1. The van der Waals surface area contributed by atoms with E-state index in [9.17, 15) is 9.90 Å². The fourth-order valence-electron chi connectivity index (χ4n) is 2.94. The number of rotatable bonds is 5. The van der Waals surface area contributed by atoms with Crippen LogP contribution in [0.2, 0.25) is 11.3 Å². The Hall–Kier alpha value is -1.24. The summed E-state index contributed by atoms with van der Waals surface area (Å²) >= 11 is 5.97. The van der Waals surface area contributed by atoms with Crippen molar-refractivity contribution < 1.29 is 19.9 Å². The zero-order valence-electron chi connectivity index (χ0n) is 10.9. The third-order valence-electron chi connectivity index (χ3n) is 3.85. The quantitative estimate of drug-likeness (QED) is 0.487. The lowest BCUT2D eigenvalue weighted by atomic mass is 9.80. The molecule has 0 heterocycles. The molecule has 0 saturated carbocycles. The van der Waals surface area contributed by atoms with Gasteiger partial charge in [0.05, 0.1) is 16.6 Å². The van der Waals surface area contributed by atoms with Crippen LogP contribution in [0.3, 0.4) is 0 Å². The van der Waals surface area contributed by atoms with Gasteiger partial charge in [-0.05, 0) is 48.3 Å². The van der Waals surface area contributed by atoms with Crippen LogP contribution >= 0.6 is 11.6 Å². The average molecular weight is 298 g/mol. The fraction of sp³-hybridized carbons (Fsp3) is 0.462. The highest BCUT2D eigenvalue weighted by Crippen LogP contribution is 2.43. The molecular weight excluding hydrogens is 280 g/mol. The van der Waals surface area contributed by atoms with Crippen LogP contribution in [0.1, 0.15) is 29.9 Å². The Labute approximate surface area is 122 Å². The molecule has 0 amide bonds. The number of carbonyl (C=O) groups is 1. The predicted molar refractivity (Wildman–Crippen MR) is 77.7 cm³/mol. The van der Waals surface area contributed by atoms with Crippen molar-refractivity contribution in [3.05, 3.63) is 28.3 Å². The number of carboxylic acids is 1. The minimum atomic E-state index is -1.34. The molecule has 2 unspecified atom stereocenters. The first-order chi connectivity index (χ1) is 9.40. The Kier molecular flexibility index (Phi) is 4.57. The molecule has 5 N–H and O–H groups in total. The summed E-state index contributed by atoms with van der Waals surface area (Å²) < 4.78 is 0. The summed E-state index contributed by atoms with van der Waals surface area (Å²) in [6.07, 6.45) is 2.08. The molecule has 0 aromatic heterocycles. The number of benzene rings is 1. The molecule has 20 heavy (non-hydrogen) atoms. The molecule has 0 aliphatic heterocycles. The van der Waals surface area contributed by atoms with Crippen LogP contribution in [0, 0.1) is 5.92 Å². The van der Waals surface area contributed by atoms with Gasteiger partial charge in [0.2, 0.25) is 0 Å². The largest absolute Gasteiger partial charge is 0.481 e. The van der Waals surface area contributed by atoms with Crippen molar-refractivity contribution in [2.45, 2.75) is 31.5 Å². The summed E-state index contributed by atoms with van der Waals surface area (Å²) in [5.74, 6) is -1.53. The van der Waals surface area contributed by atoms with Gasteiger partial charge in [-0.25, -0.2) is 0 Å². The smallest absolute Gasteiger partial charge is 0.451 e. The molecule has 0 bridgehead atoms. The first kappa shape index (κ1) is 15.2. The summed E-state index contributed by atoms with van der Waals surface area (Å²) in [5.41, 5.74) is 7.79. The summed E-state index contributed by atoms with van der Waals surface area (Å²) in [5, 5.41) is 27.6. The number of carboxylic acid groups (broad SMARTS) is 1. The minimum absolute atomic E-state index is 0.0564. The Balaban J connectivity index is 2.18. The lowest BCUT2D eigenvalue weighted by Gasteiger charge is -2.16. The number of anilines is 1. The highest BCUT2D eigenvalue weighted by atomic mass is 35.5. The van der Waals surface area contributed by atoms with Gasteiger partial charge in [0.1, 0.15) is 0 Å². The van der Waals surface area contributed by atoms with E-state index >= 15 is 0 Å². The van der Waals surface area contributed by atoms with Gasteiger partial charge < -0.3 is 20.9 Å². The summed E-state index contributed by atoms with van der Waals surface area (Å²) in [4.78, 5) is 11.5. The molecule has 1 aliphatic carbocycles. The van der Waals surface area contributed by atoms with Crippen molar-refractivity contribution in [2.24, 2.45) is 5.92 Å². The monoisotopic (exact) mass is 297 g/mol. The molecule has 108 valence electrons. The van der Waals surface area contributed by atoms with Crippen LogP contribution in [0.5, 0.6) is 0 Å². The minimum Gasteiger partial charge on any atom is -0.481 e. The van der Waals surface area contributed by atoms with E-state index in [1.807, 2.05) is 0 Å². The van der Waals surface area contributed by atoms with Crippen LogP contribution < -0.4 is 5.73 Å². The van der Waals surface area contributed by atoms with Crippen molar-refractivity contribution in [1.29, 1.82) is 0 Å². The van der Waals surface area contributed by atoms with Crippen molar-refractivity contribution in [2.75, 3.05) is 5.73 Å². The molecule has 7 heteroatoms. The van der Waals surface area contributed by atoms with Crippen LogP contribution in [0.4, 0.5) is 5.69 Å². The first-order valence-corrected chi connectivity index (χ1v) is 6.94. The first-order valence-electron chi connectivity index (χ1n) is 6.57. The van der Waals surface area contributed by atoms with E-state index in [4.69, 9.17) is 27.4 Å². The maximum absolute atomic E-state index is 11.5. The molecule has 1 aromatic rings. The van der Waals surface area contributed by atoms with Crippen LogP contribution in [0.25, 0.3) is 0 Å². The molecule has 1 aromatic carbocycles. The van der Waals surface area contributed by atoms with Gasteiger partial charge in [-0.2, -0.15) is 0 Å². The molecule has 0 fully saturated rings. The number of halogens is 1. The molecule has 5 nitrogen and oxygen atoms in total. The Morgan fingerprint density at radius 2 is 2.15 bits per heavy atom. The van der Waals surface area contributed by atoms with E-state index in [1.165, 1.54) is 0 Å². The molecule has 2 rings (SSSR count). The highest BCUT2D eigenvalue weighted by molar-refractivity contribution is 6.40. The lowest BCUT2D eigenvalue weighted by molar-refractivity contribution is -0.139. The van der Waals surface area contributed by atoms with Crippen molar-refractivity contribution in [3.63, 3.8) is 0 Å². The number of nitrogens with two attached hydrogens (primary N) is 1. The lowest BCUT2D eigenvalue weighted by Crippen LogP contribution is -2.18. The Morgan fingerprint density at radius 3 is 2.75 bits per heavy atom. The third-order valence-corrected chi connectivity index (χ3v) is 4.18. The second kappa shape index (κ2) is 6.03. The maximum Gasteiger partial charge on any atom is 0.451 e. The highest BCUT2D eigenvalue weighted by Gasteiger charge is 2.37. The predicted octanol–water partition coefficient (Wildman–Crippen LogP) is 1.52. The van der Waals surface area contributed by atoms with Gasteiger partial charge in [0.25, 0.3) is 0 Å². The molecule has 2 atom stereocenters. The summed E-state index contributed by atoms with van der Waals surface area (Å²) in [7, 11) is -1.34. The second-order valence-corrected chi connectivity index (χ2v) is 5.67. The molecule has 0 radical (unpaired) electrons. The van der Waals surface area contributed by atoms with E-state index in [2.05, 4.69) is 0 Å². The van der Waals surface area contributed by atoms with Crippen LogP contribution in [-0.2, 0) is 11.2 Å². The summed E-state index contributed by atoms with van der Waals surface area (Å²) in [6.45, 7) is 0. The van der Waals surface area contributed by atoms with Gasteiger partial charge in [-0.3, -0.25) is 4.79 Å². The SMILES string of the molecule is Nc1cc2c(cc1Cl)CC(CCCB(O)O)C2C(=O)O. The number of hydrogen-bond donors (Lipinski definition) is 4. The zero-order chi connectivity index (χ0) is 14.9. The second-order valence-electron chi connectivity index (χ2n) is 5.26. The average Bonchev–Trinajstić information content (AvgIpc) is 2.67. The summed E-state index contributed by atoms with van der Waals surface area (Å²) in [6, 6.07) is 3.39. The van der Waals surface area contributed by atoms with Crippen molar-refractivity contribution in [3.8, 4) is 0 Å². The topological polar surface area (TPSA) is 104 Å². The number of hydrogen-bond acceptors (Lipinski definition) is 4. The standard InChI is InChI=1S/C13H17BClNO4/c15-10-5-8-4-7(2-1-3-14(19)20)12(13(17)18)9(8)6-11(10)16/h5-7,12,19-20H,1-4,16H2,(H,17,18). The maximum atomic E-state index is 11.5. The van der Waals surface area contributed by atoms with Crippen molar-refractivity contribution in [1.82, 2.24) is 0 Å². The Morgan fingerprint density at radius 1 is 1.45 bits per heavy atom.